The fraction of sp³-hybridized carbons (Fsp3) is 0.448. The van der Waals surface area contributed by atoms with Gasteiger partial charge in [0, 0.05) is 24.2 Å². The summed E-state index contributed by atoms with van der Waals surface area (Å²) in [5, 5.41) is 22.1. The molecule has 3 rings (SSSR count). The Bertz CT molecular complexity index is 1310. The van der Waals surface area contributed by atoms with Crippen LogP contribution in [0.2, 0.25) is 0 Å². The average Bonchev–Trinajstić information content (AvgIpc) is 3.33. The van der Waals surface area contributed by atoms with Gasteiger partial charge in [-0.2, -0.15) is 0 Å². The second-order valence-corrected chi connectivity index (χ2v) is 10.8. The van der Waals surface area contributed by atoms with E-state index in [-0.39, 0.29) is 24.9 Å². The van der Waals surface area contributed by atoms with Gasteiger partial charge in [0.05, 0.1) is 29.9 Å². The molecule has 1 aliphatic heterocycles. The lowest BCUT2D eigenvalue weighted by Gasteiger charge is -2.31. The van der Waals surface area contributed by atoms with Gasteiger partial charge in [0.25, 0.3) is 0 Å². The van der Waals surface area contributed by atoms with Gasteiger partial charge < -0.3 is 36.1 Å². The molecule has 2 heterocycles. The molecule has 41 heavy (non-hydrogen) atoms. The zero-order valence-corrected chi connectivity index (χ0v) is 23.7. The Morgan fingerprint density at radius 3 is 2.44 bits per heavy atom. The fourth-order valence-corrected chi connectivity index (χ4v) is 4.83. The van der Waals surface area contributed by atoms with Crippen molar-refractivity contribution < 1.29 is 29.1 Å². The summed E-state index contributed by atoms with van der Waals surface area (Å²) in [5.74, 6) is -2.57. The molecule has 0 spiro atoms. The minimum Gasteiger partial charge on any atom is -0.481 e. The number of amides is 4. The number of carbonyl (C=O) groups excluding carboxylic acids is 4. The first kappa shape index (κ1) is 31.1. The maximum Gasteiger partial charge on any atom is 0.315 e. The third-order valence-corrected chi connectivity index (χ3v) is 6.75. The number of hydrogen-bond donors (Lipinski definition) is 5. The maximum atomic E-state index is 14.0. The lowest BCUT2D eigenvalue weighted by atomic mass is 10.0. The molecule has 0 radical (unpaired) electrons. The van der Waals surface area contributed by atoms with Crippen molar-refractivity contribution in [2.75, 3.05) is 6.54 Å². The summed E-state index contributed by atoms with van der Waals surface area (Å²) in [6.07, 6.45) is 1.50. The Hall–Kier alpha value is -4.48. The molecule has 0 bridgehead atoms. The topological polar surface area (TPSA) is 170 Å². The van der Waals surface area contributed by atoms with Crippen LogP contribution in [0.3, 0.4) is 0 Å². The van der Waals surface area contributed by atoms with Crippen molar-refractivity contribution in [3.05, 3.63) is 48.8 Å². The molecule has 1 fully saturated rings. The molecular weight excluding hydrogens is 528 g/mol. The first-order valence-electron chi connectivity index (χ1n) is 13.6. The fourth-order valence-electron chi connectivity index (χ4n) is 4.83. The van der Waals surface area contributed by atoms with Gasteiger partial charge in [-0.25, -0.2) is 4.79 Å². The van der Waals surface area contributed by atoms with Gasteiger partial charge >= 0.3 is 12.0 Å². The predicted molar refractivity (Wildman–Crippen MR) is 153 cm³/mol. The number of nitrogens with zero attached hydrogens (tertiary/aromatic N) is 2. The maximum absolute atomic E-state index is 14.0. The SMILES string of the molecule is C=C(N[C@H](C(=O)N1C[C@H](NC(=O)NC(C)C)C[C@H]1C(=O)N[C@H](C=O)CC(=O)O)C(C)C)c1nccc2ccccc12. The second kappa shape index (κ2) is 13.7. The minimum atomic E-state index is -1.26. The van der Waals surface area contributed by atoms with E-state index in [0.717, 1.165) is 10.8 Å². The highest BCUT2D eigenvalue weighted by molar-refractivity contribution is 5.95. The smallest absolute Gasteiger partial charge is 0.315 e. The summed E-state index contributed by atoms with van der Waals surface area (Å²) in [5.41, 5.74) is 1.02. The van der Waals surface area contributed by atoms with E-state index >= 15 is 0 Å². The van der Waals surface area contributed by atoms with Crippen LogP contribution in [-0.4, -0.2) is 81.8 Å². The first-order chi connectivity index (χ1) is 19.4. The van der Waals surface area contributed by atoms with Crippen molar-refractivity contribution in [2.24, 2.45) is 5.92 Å². The Morgan fingerprint density at radius 2 is 1.80 bits per heavy atom. The number of likely N-dealkylation sites (tertiary alicyclic amines) is 1. The zero-order valence-electron chi connectivity index (χ0n) is 23.7. The number of carboxylic acid groups (broad SMARTS) is 1. The van der Waals surface area contributed by atoms with Crippen molar-refractivity contribution >= 4 is 46.6 Å². The monoisotopic (exact) mass is 566 g/mol. The quantitative estimate of drug-likeness (QED) is 0.242. The summed E-state index contributed by atoms with van der Waals surface area (Å²) in [6.45, 7) is 11.5. The number of aliphatic carboxylic acids is 1. The van der Waals surface area contributed by atoms with Crippen LogP contribution in [0.25, 0.3) is 16.5 Å². The number of aldehydes is 1. The molecular formula is C29H38N6O6. The van der Waals surface area contributed by atoms with E-state index in [0.29, 0.717) is 17.7 Å². The number of aromatic nitrogens is 1. The molecule has 4 atom stereocenters. The van der Waals surface area contributed by atoms with E-state index in [4.69, 9.17) is 5.11 Å². The molecule has 1 aromatic carbocycles. The van der Waals surface area contributed by atoms with Crippen LogP contribution in [-0.2, 0) is 19.2 Å². The van der Waals surface area contributed by atoms with E-state index in [2.05, 4.69) is 32.8 Å². The van der Waals surface area contributed by atoms with Gasteiger partial charge in [0.15, 0.2) is 0 Å². The number of hydrogen-bond acceptors (Lipinski definition) is 7. The summed E-state index contributed by atoms with van der Waals surface area (Å²) >= 11 is 0. The van der Waals surface area contributed by atoms with Crippen molar-refractivity contribution in [1.82, 2.24) is 31.2 Å². The Kier molecular flexibility index (Phi) is 10.4. The van der Waals surface area contributed by atoms with Crippen LogP contribution in [0.1, 0.15) is 46.2 Å². The van der Waals surface area contributed by atoms with Gasteiger partial charge in [0.1, 0.15) is 18.4 Å². The van der Waals surface area contributed by atoms with Gasteiger partial charge in [0.2, 0.25) is 11.8 Å². The van der Waals surface area contributed by atoms with Gasteiger partial charge in [-0.15, -0.1) is 0 Å². The average molecular weight is 567 g/mol. The zero-order chi connectivity index (χ0) is 30.3. The summed E-state index contributed by atoms with van der Waals surface area (Å²) in [4.78, 5) is 68.0. The van der Waals surface area contributed by atoms with E-state index in [1.54, 1.807) is 20.0 Å². The molecule has 1 aliphatic rings. The molecule has 4 amide bonds. The van der Waals surface area contributed by atoms with Gasteiger partial charge in [-0.3, -0.25) is 19.4 Å². The molecule has 2 aromatic rings. The van der Waals surface area contributed by atoms with E-state index in [1.807, 2.05) is 44.2 Å². The Labute approximate surface area is 238 Å². The molecule has 12 heteroatoms. The number of rotatable bonds is 12. The number of urea groups is 1. The largest absolute Gasteiger partial charge is 0.481 e. The van der Waals surface area contributed by atoms with Crippen LogP contribution in [0.5, 0.6) is 0 Å². The summed E-state index contributed by atoms with van der Waals surface area (Å²) in [7, 11) is 0. The van der Waals surface area contributed by atoms with Gasteiger partial charge in [-0.05, 0) is 37.6 Å². The van der Waals surface area contributed by atoms with E-state index < -0.39 is 54.4 Å². The Morgan fingerprint density at radius 1 is 1.10 bits per heavy atom. The first-order valence-corrected chi connectivity index (χ1v) is 13.6. The molecule has 1 aromatic heterocycles. The van der Waals surface area contributed by atoms with Crippen molar-refractivity contribution in [3.8, 4) is 0 Å². The molecule has 5 N–H and O–H groups in total. The number of nitrogens with one attached hydrogen (secondary N) is 4. The van der Waals surface area contributed by atoms with E-state index in [1.165, 1.54) is 4.90 Å². The van der Waals surface area contributed by atoms with Gasteiger partial charge in [-0.1, -0.05) is 44.7 Å². The second-order valence-electron chi connectivity index (χ2n) is 10.8. The van der Waals surface area contributed by atoms with E-state index in [9.17, 15) is 24.0 Å². The molecule has 12 nitrogen and oxygen atoms in total. The minimum absolute atomic E-state index is 0.0387. The normalized spacial score (nSPS) is 18.0. The third kappa shape index (κ3) is 8.03. The standard InChI is InChI=1S/C29H38N6O6/c1-16(2)25(32-18(5)26-22-9-7-6-8-19(22)10-11-30-26)28(40)35-14-20(34-29(41)31-17(3)4)12-23(35)27(39)33-21(15-36)13-24(37)38/h6-11,15-17,20-21,23,25,32H,5,12-14H2,1-4H3,(H,33,39)(H,37,38)(H2,31,34,41)/t20-,21+,23+,25+/m1/s1. The number of carbonyl (C=O) groups is 5. The number of carboxylic acids is 1. The lowest BCUT2D eigenvalue weighted by molar-refractivity contribution is -0.142. The molecule has 0 unspecified atom stereocenters. The predicted octanol–water partition coefficient (Wildman–Crippen LogP) is 1.66. The van der Waals surface area contributed by atoms with Crippen LogP contribution in [0.4, 0.5) is 4.79 Å². The van der Waals surface area contributed by atoms with Crippen molar-refractivity contribution in [3.63, 3.8) is 0 Å². The molecule has 220 valence electrons. The van der Waals surface area contributed by atoms with Crippen molar-refractivity contribution in [1.29, 1.82) is 0 Å². The number of benzene rings is 1. The van der Waals surface area contributed by atoms with Crippen molar-refractivity contribution in [2.45, 2.75) is 70.7 Å². The molecule has 1 saturated heterocycles. The van der Waals surface area contributed by atoms with Crippen LogP contribution in [0.15, 0.2) is 43.1 Å². The highest BCUT2D eigenvalue weighted by Gasteiger charge is 2.43. The molecule has 0 saturated carbocycles. The number of fused-ring (bicyclic) bond motifs is 1. The summed E-state index contributed by atoms with van der Waals surface area (Å²) in [6, 6.07) is 5.31. The highest BCUT2D eigenvalue weighted by Crippen LogP contribution is 2.25. The summed E-state index contributed by atoms with van der Waals surface area (Å²) < 4.78 is 0. The lowest BCUT2D eigenvalue weighted by Crippen LogP contribution is -2.55. The van der Waals surface area contributed by atoms with Crippen LogP contribution >= 0.6 is 0 Å². The molecule has 0 aliphatic carbocycles. The Balaban J connectivity index is 1.86. The highest BCUT2D eigenvalue weighted by atomic mass is 16.4. The number of pyridine rings is 1. The van der Waals surface area contributed by atoms with Crippen LogP contribution in [0, 0.1) is 5.92 Å². The van der Waals surface area contributed by atoms with Crippen LogP contribution < -0.4 is 21.3 Å². The third-order valence-electron chi connectivity index (χ3n) is 6.75.